The highest BCUT2D eigenvalue weighted by molar-refractivity contribution is 6.01. The second-order valence-corrected chi connectivity index (χ2v) is 10.0. The van der Waals surface area contributed by atoms with E-state index in [0.717, 1.165) is 5.56 Å². The highest BCUT2D eigenvalue weighted by Gasteiger charge is 2.46. The number of benzene rings is 1. The normalized spacial score (nSPS) is 16.7. The molecule has 4 aromatic heterocycles. The Bertz CT molecular complexity index is 1840. The van der Waals surface area contributed by atoms with Gasteiger partial charge in [-0.1, -0.05) is 0 Å². The number of nitriles is 1. The lowest BCUT2D eigenvalue weighted by Gasteiger charge is -2.36. The number of pyridine rings is 3. The Balaban J connectivity index is 1.37. The number of nitrogens with zero attached hydrogens (tertiary/aromatic N) is 7. The standard InChI is InChI=1S/C29H26F2N8O3/c1-17-10-19(4-6-22(17)41-20-5-7-24-35-16-36-39(24)14-20)37-26-18(11-32)12-33-21-13-34-28(40-3)27(25(21)26)42-23-8-9-38(2)15-29(23,30)31/h4-7,10,12-14,16,23H,8-9,15H2,1-3H3,(H,33,37)/t23-/m1/s1. The summed E-state index contributed by atoms with van der Waals surface area (Å²) in [4.78, 5) is 14.3. The molecular weight excluding hydrogens is 546 g/mol. The lowest BCUT2D eigenvalue weighted by atomic mass is 10.0. The summed E-state index contributed by atoms with van der Waals surface area (Å²) < 4.78 is 49.1. The molecule has 0 bridgehead atoms. The molecule has 1 aliphatic heterocycles. The maximum Gasteiger partial charge on any atom is 0.296 e. The summed E-state index contributed by atoms with van der Waals surface area (Å²) in [6.07, 6.45) is 4.73. The molecule has 11 nitrogen and oxygen atoms in total. The SMILES string of the molecule is COc1ncc2ncc(C#N)c(Nc3ccc(Oc4ccc5ncnn5c4)c(C)c3)c2c1O[C@@H]1CCN(C)CC1(F)F. The van der Waals surface area contributed by atoms with Crippen LogP contribution in [0.25, 0.3) is 16.6 Å². The Morgan fingerprint density at radius 3 is 2.76 bits per heavy atom. The van der Waals surface area contributed by atoms with Gasteiger partial charge >= 0.3 is 0 Å². The highest BCUT2D eigenvalue weighted by Crippen LogP contribution is 2.43. The predicted octanol–water partition coefficient (Wildman–Crippen LogP) is 5.12. The van der Waals surface area contributed by atoms with Crippen LogP contribution in [0.5, 0.6) is 23.1 Å². The molecule has 0 saturated carbocycles. The Hall–Kier alpha value is -5.09. The number of hydrogen-bond acceptors (Lipinski definition) is 10. The lowest BCUT2D eigenvalue weighted by Crippen LogP contribution is -2.52. The average molecular weight is 573 g/mol. The zero-order valence-electron chi connectivity index (χ0n) is 23.0. The van der Waals surface area contributed by atoms with Crippen molar-refractivity contribution in [1.82, 2.24) is 29.5 Å². The molecule has 5 heterocycles. The molecule has 0 radical (unpaired) electrons. The molecular formula is C29H26F2N8O3. The maximum atomic E-state index is 15.0. The Morgan fingerprint density at radius 1 is 1.14 bits per heavy atom. The first-order valence-electron chi connectivity index (χ1n) is 13.1. The van der Waals surface area contributed by atoms with Crippen molar-refractivity contribution in [2.45, 2.75) is 25.4 Å². The minimum atomic E-state index is -3.11. The molecule has 0 aliphatic carbocycles. The quantitative estimate of drug-likeness (QED) is 0.281. The Kier molecular flexibility index (Phi) is 6.91. The van der Waals surface area contributed by atoms with Crippen molar-refractivity contribution >= 4 is 27.9 Å². The van der Waals surface area contributed by atoms with E-state index in [2.05, 4.69) is 31.4 Å². The third-order valence-electron chi connectivity index (χ3n) is 7.05. The summed E-state index contributed by atoms with van der Waals surface area (Å²) in [7, 11) is 3.02. The van der Waals surface area contributed by atoms with Gasteiger partial charge in [0.25, 0.3) is 11.8 Å². The Labute approximate surface area is 239 Å². The van der Waals surface area contributed by atoms with Crippen molar-refractivity contribution < 1.29 is 23.0 Å². The van der Waals surface area contributed by atoms with Gasteiger partial charge < -0.3 is 24.4 Å². The molecule has 1 saturated heterocycles. The van der Waals surface area contributed by atoms with E-state index in [1.165, 1.54) is 25.8 Å². The van der Waals surface area contributed by atoms with Gasteiger partial charge in [0, 0.05) is 24.8 Å². The number of aromatic nitrogens is 5. The van der Waals surface area contributed by atoms with Crippen molar-refractivity contribution in [2.75, 3.05) is 32.6 Å². The van der Waals surface area contributed by atoms with Crippen LogP contribution in [0.4, 0.5) is 20.2 Å². The van der Waals surface area contributed by atoms with E-state index in [0.29, 0.717) is 46.0 Å². The second-order valence-electron chi connectivity index (χ2n) is 10.0. The third-order valence-corrected chi connectivity index (χ3v) is 7.05. The Morgan fingerprint density at radius 2 is 2.00 bits per heavy atom. The highest BCUT2D eigenvalue weighted by atomic mass is 19.3. The molecule has 13 heteroatoms. The van der Waals surface area contributed by atoms with Crippen LogP contribution in [0.15, 0.2) is 55.2 Å². The van der Waals surface area contributed by atoms with Crippen LogP contribution in [0.1, 0.15) is 17.5 Å². The lowest BCUT2D eigenvalue weighted by molar-refractivity contribution is -0.135. The number of methoxy groups -OCH3 is 1. The fourth-order valence-electron chi connectivity index (χ4n) is 4.96. The summed E-state index contributed by atoms with van der Waals surface area (Å²) in [5, 5.41) is 17.7. The second kappa shape index (κ2) is 10.7. The molecule has 0 unspecified atom stereocenters. The van der Waals surface area contributed by atoms with Gasteiger partial charge in [0.15, 0.2) is 17.5 Å². The van der Waals surface area contributed by atoms with E-state index in [1.807, 2.05) is 13.0 Å². The topological polar surface area (TPSA) is 123 Å². The van der Waals surface area contributed by atoms with Crippen molar-refractivity contribution in [2.24, 2.45) is 0 Å². The van der Waals surface area contributed by atoms with Gasteiger partial charge in [-0.05, 0) is 49.9 Å². The molecule has 214 valence electrons. The van der Waals surface area contributed by atoms with Gasteiger partial charge in [-0.15, -0.1) is 0 Å². The summed E-state index contributed by atoms with van der Waals surface area (Å²) in [6.45, 7) is 1.88. The number of fused-ring (bicyclic) bond motifs is 2. The molecule has 5 aromatic rings. The number of piperidine rings is 1. The molecule has 42 heavy (non-hydrogen) atoms. The van der Waals surface area contributed by atoms with Crippen LogP contribution in [0.2, 0.25) is 0 Å². The first-order chi connectivity index (χ1) is 20.3. The van der Waals surface area contributed by atoms with Gasteiger partial charge in [0.2, 0.25) is 0 Å². The summed E-state index contributed by atoms with van der Waals surface area (Å²) in [5.41, 5.74) is 3.00. The van der Waals surface area contributed by atoms with Crippen LogP contribution in [-0.4, -0.2) is 68.7 Å². The van der Waals surface area contributed by atoms with Gasteiger partial charge in [-0.2, -0.15) is 10.4 Å². The van der Waals surface area contributed by atoms with Crippen molar-refractivity contribution in [3.8, 4) is 29.2 Å². The zero-order chi connectivity index (χ0) is 29.4. The van der Waals surface area contributed by atoms with Crippen LogP contribution in [0.3, 0.4) is 0 Å². The molecule has 0 spiro atoms. The monoisotopic (exact) mass is 572 g/mol. The van der Waals surface area contributed by atoms with E-state index < -0.39 is 18.6 Å². The molecule has 1 aromatic carbocycles. The molecule has 6 rings (SSSR count). The summed E-state index contributed by atoms with van der Waals surface area (Å²) >= 11 is 0. The molecule has 1 aliphatic rings. The van der Waals surface area contributed by atoms with E-state index in [9.17, 15) is 5.26 Å². The fraction of sp³-hybridized carbons (Fsp3) is 0.276. The molecule has 1 N–H and O–H groups in total. The number of anilines is 2. The number of alkyl halides is 2. The number of nitrogens with one attached hydrogen (secondary N) is 1. The number of halogens is 2. The number of ether oxygens (including phenoxy) is 3. The fourth-order valence-corrected chi connectivity index (χ4v) is 4.96. The first kappa shape index (κ1) is 27.1. The van der Waals surface area contributed by atoms with Crippen LogP contribution in [-0.2, 0) is 0 Å². The van der Waals surface area contributed by atoms with Gasteiger partial charge in [-0.3, -0.25) is 4.98 Å². The molecule has 1 atom stereocenters. The number of rotatable bonds is 7. The van der Waals surface area contributed by atoms with E-state index >= 15 is 8.78 Å². The predicted molar refractivity (Wildman–Crippen MR) is 150 cm³/mol. The van der Waals surface area contributed by atoms with E-state index in [4.69, 9.17) is 14.2 Å². The van der Waals surface area contributed by atoms with Crippen LogP contribution >= 0.6 is 0 Å². The number of likely N-dealkylation sites (tertiary alicyclic amines) is 1. The van der Waals surface area contributed by atoms with Crippen molar-refractivity contribution in [3.05, 3.63) is 66.4 Å². The summed E-state index contributed by atoms with van der Waals surface area (Å²) in [6, 6.07) is 11.2. The van der Waals surface area contributed by atoms with Crippen molar-refractivity contribution in [3.63, 3.8) is 0 Å². The molecule has 0 amide bonds. The van der Waals surface area contributed by atoms with Crippen LogP contribution < -0.4 is 19.5 Å². The number of hydrogen-bond donors (Lipinski definition) is 1. The van der Waals surface area contributed by atoms with Crippen molar-refractivity contribution in [1.29, 1.82) is 5.26 Å². The zero-order valence-corrected chi connectivity index (χ0v) is 23.0. The van der Waals surface area contributed by atoms with E-state index in [1.54, 1.807) is 46.9 Å². The minimum absolute atomic E-state index is 0.00323. The maximum absolute atomic E-state index is 15.0. The first-order valence-corrected chi connectivity index (χ1v) is 13.1. The van der Waals surface area contributed by atoms with E-state index in [-0.39, 0.29) is 23.6 Å². The van der Waals surface area contributed by atoms with Crippen LogP contribution in [0, 0.1) is 18.3 Å². The largest absolute Gasteiger partial charge is 0.478 e. The average Bonchev–Trinajstić information content (AvgIpc) is 3.44. The molecule has 1 fully saturated rings. The van der Waals surface area contributed by atoms with Gasteiger partial charge in [0.05, 0.1) is 48.2 Å². The smallest absolute Gasteiger partial charge is 0.296 e. The van der Waals surface area contributed by atoms with Gasteiger partial charge in [0.1, 0.15) is 23.9 Å². The summed E-state index contributed by atoms with van der Waals surface area (Å²) in [5.74, 6) is -1.91. The third kappa shape index (κ3) is 5.08. The number of aryl methyl sites for hydroxylation is 1. The minimum Gasteiger partial charge on any atom is -0.478 e. The van der Waals surface area contributed by atoms with Gasteiger partial charge in [-0.25, -0.2) is 23.3 Å².